The van der Waals surface area contributed by atoms with E-state index in [4.69, 9.17) is 0 Å². The smallest absolute Gasteiger partial charge is 0.226 e. The summed E-state index contributed by atoms with van der Waals surface area (Å²) in [4.78, 5) is 12.5. The Hall–Kier alpha value is -3.67. The molecule has 5 rings (SSSR count). The third-order valence-corrected chi connectivity index (χ3v) is 4.85. The Labute approximate surface area is 156 Å². The molecule has 0 aliphatic carbocycles. The second kappa shape index (κ2) is 6.25. The van der Waals surface area contributed by atoms with Crippen molar-refractivity contribution in [3.05, 3.63) is 90.4 Å². The van der Waals surface area contributed by atoms with Crippen LogP contribution in [-0.4, -0.2) is 25.5 Å². The van der Waals surface area contributed by atoms with Crippen molar-refractivity contribution >= 4 is 11.7 Å². The molecule has 3 heterocycles. The molecule has 0 bridgehead atoms. The van der Waals surface area contributed by atoms with Crippen molar-refractivity contribution in [3.8, 4) is 11.4 Å². The number of nitrogens with one attached hydrogen (secondary N) is 1. The fourth-order valence-corrected chi connectivity index (χ4v) is 3.61. The van der Waals surface area contributed by atoms with E-state index in [-0.39, 0.29) is 11.8 Å². The fraction of sp³-hybridized carbons (Fsp3) is 0.0952. The van der Waals surface area contributed by atoms with Crippen molar-refractivity contribution in [2.75, 3.05) is 5.32 Å². The van der Waals surface area contributed by atoms with Crippen molar-refractivity contribution in [2.24, 2.45) is 0 Å². The number of aromatic nitrogens is 4. The van der Waals surface area contributed by atoms with E-state index < -0.39 is 0 Å². The highest BCUT2D eigenvalue weighted by molar-refractivity contribution is 5.94. The number of fused-ring (bicyclic) bond motifs is 1. The zero-order chi connectivity index (χ0) is 18.2. The Kier molecular flexibility index (Phi) is 3.60. The Balaban J connectivity index is 1.63. The first-order valence-corrected chi connectivity index (χ1v) is 8.84. The largest absolute Gasteiger partial charge is 0.310 e. The van der Waals surface area contributed by atoms with Gasteiger partial charge in [-0.15, -0.1) is 0 Å². The quantitative estimate of drug-likeness (QED) is 0.611. The molecule has 27 heavy (non-hydrogen) atoms. The molecule has 1 N–H and O–H groups in total. The molecule has 1 aliphatic rings. The van der Waals surface area contributed by atoms with Gasteiger partial charge in [-0.25, -0.2) is 9.36 Å². The maximum atomic E-state index is 12.5. The summed E-state index contributed by atoms with van der Waals surface area (Å²) in [5, 5.41) is 12.0. The van der Waals surface area contributed by atoms with Gasteiger partial charge < -0.3 is 5.32 Å². The topological polar surface area (TPSA) is 64.7 Å². The lowest BCUT2D eigenvalue weighted by Crippen LogP contribution is -2.25. The maximum Gasteiger partial charge on any atom is 0.226 e. The number of amides is 1. The van der Waals surface area contributed by atoms with E-state index in [2.05, 4.69) is 15.5 Å². The number of carbonyl (C=O) groups is 1. The first-order valence-electron chi connectivity index (χ1n) is 8.84. The van der Waals surface area contributed by atoms with Crippen molar-refractivity contribution in [1.29, 1.82) is 0 Å². The van der Waals surface area contributed by atoms with Crippen molar-refractivity contribution < 1.29 is 4.79 Å². The molecular formula is C21H17N5O. The van der Waals surface area contributed by atoms with Crippen LogP contribution in [0.25, 0.3) is 11.4 Å². The van der Waals surface area contributed by atoms with Gasteiger partial charge in [0, 0.05) is 24.1 Å². The molecule has 1 atom stereocenters. The van der Waals surface area contributed by atoms with E-state index in [1.54, 1.807) is 10.9 Å². The molecule has 1 amide bonds. The van der Waals surface area contributed by atoms with E-state index in [9.17, 15) is 4.79 Å². The van der Waals surface area contributed by atoms with Gasteiger partial charge in [-0.1, -0.05) is 36.4 Å². The number of hydrogen-bond donors (Lipinski definition) is 1. The first-order chi connectivity index (χ1) is 13.3. The molecule has 0 unspecified atom stereocenters. The normalized spacial score (nSPS) is 16.0. The number of hydrogen-bond acceptors (Lipinski definition) is 3. The molecule has 4 aromatic rings. The van der Waals surface area contributed by atoms with Crippen LogP contribution in [0.2, 0.25) is 0 Å². The maximum absolute atomic E-state index is 12.5. The summed E-state index contributed by atoms with van der Waals surface area (Å²) in [6.45, 7) is 0. The zero-order valence-electron chi connectivity index (χ0n) is 14.5. The van der Waals surface area contributed by atoms with Crippen LogP contribution in [0.5, 0.6) is 0 Å². The van der Waals surface area contributed by atoms with Gasteiger partial charge in [-0.05, 0) is 30.3 Å². The van der Waals surface area contributed by atoms with E-state index in [0.29, 0.717) is 6.42 Å². The van der Waals surface area contributed by atoms with Gasteiger partial charge >= 0.3 is 0 Å². The van der Waals surface area contributed by atoms with E-state index >= 15 is 0 Å². The standard InChI is InChI=1S/C21H17N5O/c27-20-13-17(19-11-12-22-25(19)15-7-3-1-4-8-15)18-14-23-26(21(18)24-20)16-9-5-2-6-10-16/h1-12,14,17H,13H2,(H,24,27)/t17-/m1/s1. The van der Waals surface area contributed by atoms with Crippen LogP contribution in [0.3, 0.4) is 0 Å². The highest BCUT2D eigenvalue weighted by Crippen LogP contribution is 2.38. The highest BCUT2D eigenvalue weighted by Gasteiger charge is 2.32. The van der Waals surface area contributed by atoms with Crippen LogP contribution in [0.4, 0.5) is 5.82 Å². The predicted molar refractivity (Wildman–Crippen MR) is 102 cm³/mol. The second-order valence-corrected chi connectivity index (χ2v) is 6.50. The van der Waals surface area contributed by atoms with Gasteiger partial charge in [0.25, 0.3) is 0 Å². The average molecular weight is 355 g/mol. The number of benzene rings is 2. The molecule has 2 aromatic heterocycles. The van der Waals surface area contributed by atoms with Crippen LogP contribution in [0.1, 0.15) is 23.6 Å². The van der Waals surface area contributed by atoms with Gasteiger partial charge in [0.2, 0.25) is 5.91 Å². The Morgan fingerprint density at radius 2 is 1.52 bits per heavy atom. The number of anilines is 1. The first kappa shape index (κ1) is 15.6. The van der Waals surface area contributed by atoms with E-state index in [0.717, 1.165) is 28.5 Å². The number of rotatable bonds is 3. The van der Waals surface area contributed by atoms with Crippen LogP contribution in [0.15, 0.2) is 79.1 Å². The Bertz CT molecular complexity index is 1100. The van der Waals surface area contributed by atoms with E-state index in [1.165, 1.54) is 0 Å². The summed E-state index contributed by atoms with van der Waals surface area (Å²) in [6, 6.07) is 21.7. The van der Waals surface area contributed by atoms with Gasteiger partial charge in [-0.2, -0.15) is 10.2 Å². The second-order valence-electron chi connectivity index (χ2n) is 6.50. The summed E-state index contributed by atoms with van der Waals surface area (Å²) >= 11 is 0. The molecule has 6 heteroatoms. The third-order valence-electron chi connectivity index (χ3n) is 4.85. The lowest BCUT2D eigenvalue weighted by Gasteiger charge is -2.24. The molecule has 1 aliphatic heterocycles. The molecule has 0 radical (unpaired) electrons. The van der Waals surface area contributed by atoms with Gasteiger partial charge in [0.1, 0.15) is 5.82 Å². The Morgan fingerprint density at radius 3 is 2.22 bits per heavy atom. The number of nitrogens with zero attached hydrogens (tertiary/aromatic N) is 4. The minimum atomic E-state index is -0.103. The van der Waals surface area contributed by atoms with Crippen LogP contribution < -0.4 is 5.32 Å². The molecule has 0 saturated heterocycles. The summed E-state index contributed by atoms with van der Waals surface area (Å²) in [7, 11) is 0. The molecule has 0 spiro atoms. The van der Waals surface area contributed by atoms with Gasteiger partial charge in [0.15, 0.2) is 0 Å². The van der Waals surface area contributed by atoms with Crippen molar-refractivity contribution in [2.45, 2.75) is 12.3 Å². The molecular weight excluding hydrogens is 338 g/mol. The third kappa shape index (κ3) is 2.62. The minimum absolute atomic E-state index is 0.0222. The molecule has 2 aromatic carbocycles. The van der Waals surface area contributed by atoms with Crippen LogP contribution in [0, 0.1) is 0 Å². The molecule has 132 valence electrons. The SMILES string of the molecule is O=C1C[C@@H](c2ccnn2-c2ccccc2)c2cnn(-c3ccccc3)c2N1. The average Bonchev–Trinajstić information content (AvgIpc) is 3.36. The molecule has 0 saturated carbocycles. The predicted octanol–water partition coefficient (Wildman–Crippen LogP) is 3.53. The fourth-order valence-electron chi connectivity index (χ4n) is 3.61. The summed E-state index contributed by atoms with van der Waals surface area (Å²) in [6.07, 6.45) is 3.98. The van der Waals surface area contributed by atoms with Crippen molar-refractivity contribution in [3.63, 3.8) is 0 Å². The Morgan fingerprint density at radius 1 is 0.852 bits per heavy atom. The highest BCUT2D eigenvalue weighted by atomic mass is 16.1. The van der Waals surface area contributed by atoms with Crippen molar-refractivity contribution in [1.82, 2.24) is 19.6 Å². The van der Waals surface area contributed by atoms with Crippen LogP contribution in [-0.2, 0) is 4.79 Å². The summed E-state index contributed by atoms with van der Waals surface area (Å²) in [5.41, 5.74) is 3.86. The summed E-state index contributed by atoms with van der Waals surface area (Å²) < 4.78 is 3.68. The minimum Gasteiger partial charge on any atom is -0.310 e. The summed E-state index contributed by atoms with van der Waals surface area (Å²) in [5.74, 6) is 0.600. The molecule has 0 fully saturated rings. The monoisotopic (exact) mass is 355 g/mol. The van der Waals surface area contributed by atoms with Gasteiger partial charge in [-0.3, -0.25) is 4.79 Å². The lowest BCUT2D eigenvalue weighted by atomic mass is 9.91. The van der Waals surface area contributed by atoms with E-state index in [1.807, 2.05) is 77.6 Å². The lowest BCUT2D eigenvalue weighted by molar-refractivity contribution is -0.116. The zero-order valence-corrected chi connectivity index (χ0v) is 14.5. The van der Waals surface area contributed by atoms with Gasteiger partial charge in [0.05, 0.1) is 23.3 Å². The molecule has 6 nitrogen and oxygen atoms in total. The van der Waals surface area contributed by atoms with Crippen LogP contribution >= 0.6 is 0 Å². The number of para-hydroxylation sites is 2. The number of carbonyl (C=O) groups excluding carboxylic acids is 1.